The third-order valence-corrected chi connectivity index (χ3v) is 3.88. The molecule has 0 amide bonds. The van der Waals surface area contributed by atoms with E-state index < -0.39 is 18.1 Å². The minimum Gasteiger partial charge on any atom is -0.486 e. The summed E-state index contributed by atoms with van der Waals surface area (Å²) < 4.78 is 32.5. The zero-order valence-corrected chi connectivity index (χ0v) is 13.4. The van der Waals surface area contributed by atoms with Gasteiger partial charge >= 0.3 is 0 Å². The summed E-state index contributed by atoms with van der Waals surface area (Å²) in [5, 5.41) is 6.14. The van der Waals surface area contributed by atoms with Gasteiger partial charge in [-0.2, -0.15) is 4.98 Å². The van der Waals surface area contributed by atoms with Gasteiger partial charge in [0.1, 0.15) is 18.0 Å². The number of aromatic nitrogens is 2. The number of nitrogens with one attached hydrogen (secondary N) is 2. The van der Waals surface area contributed by atoms with Crippen LogP contribution in [0.3, 0.4) is 0 Å². The van der Waals surface area contributed by atoms with Crippen molar-refractivity contribution in [2.24, 2.45) is 0 Å². The van der Waals surface area contributed by atoms with Crippen LogP contribution < -0.4 is 21.1 Å². The van der Waals surface area contributed by atoms with E-state index in [9.17, 15) is 8.78 Å². The third kappa shape index (κ3) is 3.82. The van der Waals surface area contributed by atoms with E-state index in [0.717, 1.165) is 6.20 Å². The molecule has 1 aromatic heterocycles. The minimum atomic E-state index is -1.08. The smallest absolute Gasteiger partial charge is 0.229 e. The van der Waals surface area contributed by atoms with Crippen LogP contribution in [-0.2, 0) is 0 Å². The maximum atomic E-state index is 13.8. The maximum absolute atomic E-state index is 13.8. The molecule has 4 N–H and O–H groups in total. The first-order valence-electron chi connectivity index (χ1n) is 7.39. The van der Waals surface area contributed by atoms with Gasteiger partial charge in [-0.05, 0) is 31.2 Å². The van der Waals surface area contributed by atoms with E-state index in [1.807, 2.05) is 0 Å². The van der Waals surface area contributed by atoms with E-state index in [1.54, 1.807) is 18.2 Å². The van der Waals surface area contributed by atoms with E-state index in [1.165, 1.54) is 0 Å². The van der Waals surface area contributed by atoms with E-state index in [4.69, 9.17) is 22.1 Å². The summed E-state index contributed by atoms with van der Waals surface area (Å²) >= 11 is 6.19. The van der Waals surface area contributed by atoms with Crippen molar-refractivity contribution in [1.82, 2.24) is 15.3 Å². The van der Waals surface area contributed by atoms with Crippen LogP contribution in [0.15, 0.2) is 24.4 Å². The number of piperidine rings is 1. The van der Waals surface area contributed by atoms with Crippen LogP contribution in [0.1, 0.15) is 6.42 Å². The molecule has 3 rings (SSSR count). The van der Waals surface area contributed by atoms with Gasteiger partial charge in [-0.15, -0.1) is 0 Å². The molecule has 1 saturated heterocycles. The standard InChI is InChI=1S/C15H16ClF2N5O/c16-9-5-8(22-15-21-7-11(18)14(19)23-15)1-2-12(9)24-13-3-4-20-6-10(13)17/h1-2,5,7,10,13,20H,3-4,6H2,(H3,19,21,22,23). The molecule has 9 heteroatoms. The number of alkyl halides is 1. The molecule has 1 fully saturated rings. The Morgan fingerprint density at radius 1 is 1.42 bits per heavy atom. The molecule has 0 radical (unpaired) electrons. The zero-order valence-electron chi connectivity index (χ0n) is 12.6. The SMILES string of the molecule is Nc1nc(Nc2ccc(OC3CCNCC3F)c(Cl)c2)ncc1F. The number of anilines is 3. The lowest BCUT2D eigenvalue weighted by molar-refractivity contribution is 0.0732. The molecule has 2 heterocycles. The number of rotatable bonds is 4. The van der Waals surface area contributed by atoms with Gasteiger partial charge in [0, 0.05) is 12.2 Å². The second-order valence-corrected chi connectivity index (χ2v) is 5.77. The van der Waals surface area contributed by atoms with Crippen LogP contribution in [0.2, 0.25) is 5.02 Å². The molecule has 0 spiro atoms. The summed E-state index contributed by atoms with van der Waals surface area (Å²) in [6.45, 7) is 0.969. The highest BCUT2D eigenvalue weighted by Gasteiger charge is 2.26. The molecule has 2 aromatic rings. The Labute approximate surface area is 142 Å². The molecule has 1 aliphatic rings. The number of nitrogen functional groups attached to an aromatic ring is 1. The third-order valence-electron chi connectivity index (χ3n) is 3.59. The van der Waals surface area contributed by atoms with Crippen molar-refractivity contribution in [1.29, 1.82) is 0 Å². The molecule has 6 nitrogen and oxygen atoms in total. The van der Waals surface area contributed by atoms with Gasteiger partial charge in [0.25, 0.3) is 0 Å². The van der Waals surface area contributed by atoms with Gasteiger partial charge < -0.3 is 21.1 Å². The van der Waals surface area contributed by atoms with Crippen LogP contribution in [0.25, 0.3) is 0 Å². The molecule has 24 heavy (non-hydrogen) atoms. The lowest BCUT2D eigenvalue weighted by Gasteiger charge is -2.27. The van der Waals surface area contributed by atoms with Gasteiger partial charge in [-0.3, -0.25) is 0 Å². The number of hydrogen-bond acceptors (Lipinski definition) is 6. The van der Waals surface area contributed by atoms with E-state index in [-0.39, 0.29) is 18.3 Å². The highest BCUT2D eigenvalue weighted by Crippen LogP contribution is 2.31. The number of hydrogen-bond donors (Lipinski definition) is 3. The fourth-order valence-corrected chi connectivity index (χ4v) is 2.56. The van der Waals surface area contributed by atoms with E-state index >= 15 is 0 Å². The summed E-state index contributed by atoms with van der Waals surface area (Å²) in [6, 6.07) is 4.90. The van der Waals surface area contributed by atoms with Crippen molar-refractivity contribution >= 4 is 29.1 Å². The van der Waals surface area contributed by atoms with Gasteiger partial charge in [-0.25, -0.2) is 13.8 Å². The first kappa shape index (κ1) is 16.7. The van der Waals surface area contributed by atoms with E-state index in [0.29, 0.717) is 29.4 Å². The minimum absolute atomic E-state index is 0.140. The predicted molar refractivity (Wildman–Crippen MR) is 87.9 cm³/mol. The van der Waals surface area contributed by atoms with E-state index in [2.05, 4.69) is 20.6 Å². The molecule has 128 valence electrons. The van der Waals surface area contributed by atoms with Crippen molar-refractivity contribution in [2.75, 3.05) is 24.1 Å². The molecule has 1 aromatic carbocycles. The van der Waals surface area contributed by atoms with Crippen LogP contribution >= 0.6 is 11.6 Å². The second-order valence-electron chi connectivity index (χ2n) is 5.36. The van der Waals surface area contributed by atoms with Gasteiger partial charge in [0.2, 0.25) is 5.95 Å². The number of nitrogens with two attached hydrogens (primary N) is 1. The lowest BCUT2D eigenvalue weighted by Crippen LogP contribution is -2.44. The Balaban J connectivity index is 1.71. The quantitative estimate of drug-likeness (QED) is 0.782. The van der Waals surface area contributed by atoms with Crippen molar-refractivity contribution in [3.05, 3.63) is 35.2 Å². The first-order valence-corrected chi connectivity index (χ1v) is 7.77. The largest absolute Gasteiger partial charge is 0.486 e. The predicted octanol–water partition coefficient (Wildman–Crippen LogP) is 2.67. The van der Waals surface area contributed by atoms with Crippen molar-refractivity contribution in [3.63, 3.8) is 0 Å². The Morgan fingerprint density at radius 3 is 2.96 bits per heavy atom. The normalized spacial score (nSPS) is 20.6. The molecule has 0 aliphatic carbocycles. The fourth-order valence-electron chi connectivity index (χ4n) is 2.34. The summed E-state index contributed by atoms with van der Waals surface area (Å²) in [7, 11) is 0. The van der Waals surface area contributed by atoms with Crippen LogP contribution in [0.5, 0.6) is 5.75 Å². The van der Waals surface area contributed by atoms with Gasteiger partial charge in [0.15, 0.2) is 11.6 Å². The van der Waals surface area contributed by atoms with Crippen molar-refractivity contribution in [2.45, 2.75) is 18.7 Å². The second kappa shape index (κ2) is 7.14. The summed E-state index contributed by atoms with van der Waals surface area (Å²) in [4.78, 5) is 7.56. The van der Waals surface area contributed by atoms with Crippen molar-refractivity contribution < 1.29 is 13.5 Å². The average Bonchev–Trinajstić information content (AvgIpc) is 2.55. The van der Waals surface area contributed by atoms with Gasteiger partial charge in [-0.1, -0.05) is 11.6 Å². The van der Waals surface area contributed by atoms with Crippen LogP contribution in [-0.4, -0.2) is 35.3 Å². The Kier molecular flexibility index (Phi) is 4.96. The monoisotopic (exact) mass is 355 g/mol. The summed E-state index contributed by atoms with van der Waals surface area (Å²) in [5.41, 5.74) is 5.96. The molecular formula is C15H16ClF2N5O. The number of ether oxygens (including phenoxy) is 1. The highest BCUT2D eigenvalue weighted by atomic mass is 35.5. The Bertz CT molecular complexity index is 733. The summed E-state index contributed by atoms with van der Waals surface area (Å²) in [5.74, 6) is -0.402. The molecule has 0 bridgehead atoms. The van der Waals surface area contributed by atoms with Crippen molar-refractivity contribution in [3.8, 4) is 5.75 Å². The molecule has 1 aliphatic heterocycles. The number of nitrogens with zero attached hydrogens (tertiary/aromatic N) is 2. The molecule has 2 atom stereocenters. The maximum Gasteiger partial charge on any atom is 0.229 e. The molecular weight excluding hydrogens is 340 g/mol. The van der Waals surface area contributed by atoms with Crippen LogP contribution in [0, 0.1) is 5.82 Å². The number of benzene rings is 1. The molecule has 2 unspecified atom stereocenters. The Hall–Kier alpha value is -2.19. The highest BCUT2D eigenvalue weighted by molar-refractivity contribution is 6.32. The average molecular weight is 356 g/mol. The topological polar surface area (TPSA) is 85.1 Å². The van der Waals surface area contributed by atoms with Crippen LogP contribution in [0.4, 0.5) is 26.2 Å². The fraction of sp³-hybridized carbons (Fsp3) is 0.333. The number of halogens is 3. The Morgan fingerprint density at radius 2 is 2.25 bits per heavy atom. The molecule has 0 saturated carbocycles. The zero-order chi connectivity index (χ0) is 17.1. The lowest BCUT2D eigenvalue weighted by atomic mass is 10.1. The van der Waals surface area contributed by atoms with Gasteiger partial charge in [0.05, 0.1) is 11.2 Å². The summed E-state index contributed by atoms with van der Waals surface area (Å²) in [6.07, 6.45) is -0.0615. The first-order chi connectivity index (χ1) is 11.5.